The normalized spacial score (nSPS) is 27.7. The first kappa shape index (κ1) is 13.2. The largest absolute Gasteiger partial charge is 0.327 e. The molecule has 2 nitrogen and oxygen atoms in total. The van der Waals surface area contributed by atoms with Crippen LogP contribution < -0.4 is 11.1 Å². The van der Waals surface area contributed by atoms with Gasteiger partial charge in [0.1, 0.15) is 0 Å². The van der Waals surface area contributed by atoms with Gasteiger partial charge in [0.15, 0.2) is 0 Å². The van der Waals surface area contributed by atoms with Gasteiger partial charge in [0.05, 0.1) is 0 Å². The summed E-state index contributed by atoms with van der Waals surface area (Å²) in [5, 5.41) is 3.48. The second-order valence-corrected chi connectivity index (χ2v) is 4.41. The maximum absolute atomic E-state index is 5.96. The zero-order valence-corrected chi connectivity index (χ0v) is 9.57. The van der Waals surface area contributed by atoms with Crippen molar-refractivity contribution in [1.29, 1.82) is 0 Å². The molecule has 0 aromatic rings. The van der Waals surface area contributed by atoms with E-state index in [4.69, 9.17) is 5.73 Å². The van der Waals surface area contributed by atoms with E-state index in [1.54, 1.807) is 0 Å². The van der Waals surface area contributed by atoms with Crippen LogP contribution in [0, 0.1) is 11.8 Å². The molecule has 1 fully saturated rings. The predicted octanol–water partition coefficient (Wildman–Crippen LogP) is 1.78. The smallest absolute Gasteiger partial charge is 0.00792 e. The number of rotatable bonds is 4. The third-order valence-corrected chi connectivity index (χ3v) is 2.68. The fourth-order valence-electron chi connectivity index (χ4n) is 1.88. The molecule has 2 atom stereocenters. The number of nitrogens with one attached hydrogen (secondary N) is 1. The Morgan fingerprint density at radius 2 is 2.08 bits per heavy atom. The molecule has 0 bridgehead atoms. The van der Waals surface area contributed by atoms with Crippen LogP contribution in [0.25, 0.3) is 0 Å². The van der Waals surface area contributed by atoms with E-state index < -0.39 is 0 Å². The van der Waals surface area contributed by atoms with Crippen LogP contribution in [0.3, 0.4) is 0 Å². The standard InChI is InChI=1S/C10H22N2.ClH/c1-8(2)6-12-7-9-4-3-5-10(9)11;/h8-10,12H,3-7,11H2,1-2H3;1H/t9-,10-;/m0./s1. The maximum atomic E-state index is 5.96. The Morgan fingerprint density at radius 3 is 2.54 bits per heavy atom. The molecule has 0 heterocycles. The van der Waals surface area contributed by atoms with Crippen molar-refractivity contribution in [2.75, 3.05) is 13.1 Å². The summed E-state index contributed by atoms with van der Waals surface area (Å²) in [6, 6.07) is 0.463. The average molecular weight is 207 g/mol. The SMILES string of the molecule is CC(C)CNC[C@@H]1CCC[C@@H]1N.Cl. The Labute approximate surface area is 88.1 Å². The molecule has 0 aromatic heterocycles. The first-order valence-electron chi connectivity index (χ1n) is 5.16. The monoisotopic (exact) mass is 206 g/mol. The Kier molecular flexibility index (Phi) is 6.74. The number of nitrogens with two attached hydrogens (primary N) is 1. The number of halogens is 1. The molecule has 1 aliphatic carbocycles. The molecule has 0 aromatic carbocycles. The first-order chi connectivity index (χ1) is 5.70. The second-order valence-electron chi connectivity index (χ2n) is 4.41. The minimum atomic E-state index is 0. The van der Waals surface area contributed by atoms with Crippen LogP contribution in [0.1, 0.15) is 33.1 Å². The minimum Gasteiger partial charge on any atom is -0.327 e. The van der Waals surface area contributed by atoms with Crippen LogP contribution in [0.4, 0.5) is 0 Å². The molecule has 3 N–H and O–H groups in total. The molecule has 80 valence electrons. The Balaban J connectivity index is 0.00000144. The summed E-state index contributed by atoms with van der Waals surface area (Å²) in [5.74, 6) is 1.49. The van der Waals surface area contributed by atoms with Gasteiger partial charge in [-0.15, -0.1) is 12.4 Å². The highest BCUT2D eigenvalue weighted by molar-refractivity contribution is 5.85. The molecule has 1 aliphatic rings. The summed E-state index contributed by atoms with van der Waals surface area (Å²) in [7, 11) is 0. The summed E-state index contributed by atoms with van der Waals surface area (Å²) in [6.07, 6.45) is 3.88. The van der Waals surface area contributed by atoms with Gasteiger partial charge in [-0.2, -0.15) is 0 Å². The quantitative estimate of drug-likeness (QED) is 0.736. The van der Waals surface area contributed by atoms with E-state index in [0.717, 1.165) is 24.9 Å². The lowest BCUT2D eigenvalue weighted by atomic mass is 10.0. The van der Waals surface area contributed by atoms with Gasteiger partial charge in [0.2, 0.25) is 0 Å². The zero-order valence-electron chi connectivity index (χ0n) is 8.75. The van der Waals surface area contributed by atoms with Crippen molar-refractivity contribution < 1.29 is 0 Å². The van der Waals surface area contributed by atoms with Gasteiger partial charge in [0, 0.05) is 6.04 Å². The molecular weight excluding hydrogens is 184 g/mol. The van der Waals surface area contributed by atoms with Crippen LogP contribution in [-0.2, 0) is 0 Å². The van der Waals surface area contributed by atoms with E-state index in [9.17, 15) is 0 Å². The van der Waals surface area contributed by atoms with Gasteiger partial charge >= 0.3 is 0 Å². The van der Waals surface area contributed by atoms with Gasteiger partial charge in [0.25, 0.3) is 0 Å². The molecule has 0 radical (unpaired) electrons. The molecular formula is C10H23ClN2. The highest BCUT2D eigenvalue weighted by atomic mass is 35.5. The minimum absolute atomic E-state index is 0. The van der Waals surface area contributed by atoms with E-state index in [1.165, 1.54) is 19.3 Å². The third kappa shape index (κ3) is 4.84. The summed E-state index contributed by atoms with van der Waals surface area (Å²) in [6.45, 7) is 6.73. The summed E-state index contributed by atoms with van der Waals surface area (Å²) in [5.41, 5.74) is 5.96. The molecule has 0 saturated heterocycles. The van der Waals surface area contributed by atoms with Crippen molar-refractivity contribution in [2.24, 2.45) is 17.6 Å². The lowest BCUT2D eigenvalue weighted by molar-refractivity contribution is 0.424. The Morgan fingerprint density at radius 1 is 1.38 bits per heavy atom. The maximum Gasteiger partial charge on any atom is 0.00792 e. The van der Waals surface area contributed by atoms with Gasteiger partial charge < -0.3 is 11.1 Å². The summed E-state index contributed by atoms with van der Waals surface area (Å²) >= 11 is 0. The van der Waals surface area contributed by atoms with E-state index in [-0.39, 0.29) is 12.4 Å². The zero-order chi connectivity index (χ0) is 8.97. The highest BCUT2D eigenvalue weighted by Gasteiger charge is 2.22. The van der Waals surface area contributed by atoms with Crippen LogP contribution >= 0.6 is 12.4 Å². The first-order valence-corrected chi connectivity index (χ1v) is 5.16. The Hall–Kier alpha value is 0.210. The second kappa shape index (κ2) is 6.63. The molecule has 13 heavy (non-hydrogen) atoms. The van der Waals surface area contributed by atoms with Crippen LogP contribution in [0.2, 0.25) is 0 Å². The molecule has 0 unspecified atom stereocenters. The van der Waals surface area contributed by atoms with Gasteiger partial charge in [-0.3, -0.25) is 0 Å². The molecule has 3 heteroatoms. The van der Waals surface area contributed by atoms with Crippen LogP contribution in [0.5, 0.6) is 0 Å². The topological polar surface area (TPSA) is 38.0 Å². The summed E-state index contributed by atoms with van der Waals surface area (Å²) in [4.78, 5) is 0. The lowest BCUT2D eigenvalue weighted by Gasteiger charge is -2.16. The Bertz CT molecular complexity index is 128. The van der Waals surface area contributed by atoms with E-state index in [2.05, 4.69) is 19.2 Å². The van der Waals surface area contributed by atoms with Crippen molar-refractivity contribution in [3.05, 3.63) is 0 Å². The number of hydrogen-bond donors (Lipinski definition) is 2. The van der Waals surface area contributed by atoms with Crippen molar-refractivity contribution in [3.8, 4) is 0 Å². The molecule has 0 amide bonds. The molecule has 0 spiro atoms. The third-order valence-electron chi connectivity index (χ3n) is 2.68. The number of hydrogen-bond acceptors (Lipinski definition) is 2. The van der Waals surface area contributed by atoms with Gasteiger partial charge in [-0.05, 0) is 37.8 Å². The summed E-state index contributed by atoms with van der Waals surface area (Å²) < 4.78 is 0. The van der Waals surface area contributed by atoms with Crippen molar-refractivity contribution >= 4 is 12.4 Å². The van der Waals surface area contributed by atoms with Crippen LogP contribution in [-0.4, -0.2) is 19.1 Å². The van der Waals surface area contributed by atoms with Gasteiger partial charge in [-0.1, -0.05) is 20.3 Å². The predicted molar refractivity (Wildman–Crippen MR) is 60.3 cm³/mol. The fraction of sp³-hybridized carbons (Fsp3) is 1.00. The van der Waals surface area contributed by atoms with Crippen molar-refractivity contribution in [3.63, 3.8) is 0 Å². The molecule has 1 rings (SSSR count). The van der Waals surface area contributed by atoms with E-state index >= 15 is 0 Å². The average Bonchev–Trinajstić information content (AvgIpc) is 2.36. The lowest BCUT2D eigenvalue weighted by Crippen LogP contribution is -2.34. The van der Waals surface area contributed by atoms with Crippen molar-refractivity contribution in [2.45, 2.75) is 39.2 Å². The highest BCUT2D eigenvalue weighted by Crippen LogP contribution is 2.22. The van der Waals surface area contributed by atoms with Crippen LogP contribution in [0.15, 0.2) is 0 Å². The van der Waals surface area contributed by atoms with Crippen molar-refractivity contribution in [1.82, 2.24) is 5.32 Å². The fourth-order valence-corrected chi connectivity index (χ4v) is 1.88. The van der Waals surface area contributed by atoms with Gasteiger partial charge in [-0.25, -0.2) is 0 Å². The molecule has 1 saturated carbocycles. The van der Waals surface area contributed by atoms with E-state index in [0.29, 0.717) is 6.04 Å². The van der Waals surface area contributed by atoms with E-state index in [1.807, 2.05) is 0 Å². The molecule has 0 aliphatic heterocycles.